The molecule has 0 aliphatic rings. The van der Waals surface area contributed by atoms with Crippen LogP contribution in [0.3, 0.4) is 0 Å². The lowest BCUT2D eigenvalue weighted by Crippen LogP contribution is -2.23. The molecule has 0 bridgehead atoms. The molecule has 0 amide bonds. The van der Waals surface area contributed by atoms with E-state index in [4.69, 9.17) is 28.9 Å². The van der Waals surface area contributed by atoms with Crippen molar-refractivity contribution in [3.63, 3.8) is 0 Å². The van der Waals surface area contributed by atoms with Gasteiger partial charge in [0, 0.05) is 17.8 Å². The number of anilines is 1. The van der Waals surface area contributed by atoms with Crippen LogP contribution in [0.15, 0.2) is 41.3 Å². The Balaban J connectivity index is 2.21. The highest BCUT2D eigenvalue weighted by Gasteiger charge is 2.16. The summed E-state index contributed by atoms with van der Waals surface area (Å²) in [5.74, 6) is -0.0407. The monoisotopic (exact) mass is 346 g/mol. The fourth-order valence-corrected chi connectivity index (χ4v) is 3.04. The second-order valence-electron chi connectivity index (χ2n) is 4.29. The van der Waals surface area contributed by atoms with Gasteiger partial charge in [-0.2, -0.15) is 0 Å². The van der Waals surface area contributed by atoms with Crippen molar-refractivity contribution < 1.29 is 13.5 Å². The van der Waals surface area contributed by atoms with Gasteiger partial charge in [0.15, 0.2) is 0 Å². The first kappa shape index (κ1) is 15.9. The van der Waals surface area contributed by atoms with Crippen molar-refractivity contribution >= 4 is 38.9 Å². The molecule has 0 fully saturated rings. The van der Waals surface area contributed by atoms with Gasteiger partial charge in [0.2, 0.25) is 10.0 Å². The maximum Gasteiger partial charge on any atom is 0.240 e. The van der Waals surface area contributed by atoms with Gasteiger partial charge in [0.1, 0.15) is 5.75 Å². The van der Waals surface area contributed by atoms with Crippen molar-refractivity contribution in [2.45, 2.75) is 11.4 Å². The summed E-state index contributed by atoms with van der Waals surface area (Å²) in [5.41, 5.74) is 6.40. The van der Waals surface area contributed by atoms with Crippen molar-refractivity contribution in [3.05, 3.63) is 52.0 Å². The van der Waals surface area contributed by atoms with Crippen LogP contribution in [0, 0.1) is 0 Å². The molecule has 0 aliphatic carbocycles. The predicted octanol–water partition coefficient (Wildman–Crippen LogP) is 2.76. The number of rotatable bonds is 4. The van der Waals surface area contributed by atoms with Gasteiger partial charge in [-0.1, -0.05) is 23.2 Å². The molecule has 0 aromatic heterocycles. The topological polar surface area (TPSA) is 92.4 Å². The molecule has 0 radical (unpaired) electrons. The third-order valence-electron chi connectivity index (χ3n) is 2.76. The molecule has 0 heterocycles. The Morgan fingerprint density at radius 2 is 1.81 bits per heavy atom. The first-order valence-corrected chi connectivity index (χ1v) is 8.05. The summed E-state index contributed by atoms with van der Waals surface area (Å²) in [7, 11) is -3.77. The first-order valence-electron chi connectivity index (χ1n) is 5.82. The summed E-state index contributed by atoms with van der Waals surface area (Å²) in [5, 5.41) is 10.1. The molecule has 2 rings (SSSR count). The molecule has 5 nitrogen and oxygen atoms in total. The number of halogens is 2. The maximum absolute atomic E-state index is 12.1. The van der Waals surface area contributed by atoms with Gasteiger partial charge in [-0.05, 0) is 36.4 Å². The number of benzene rings is 2. The van der Waals surface area contributed by atoms with E-state index in [0.717, 1.165) is 0 Å². The Labute approximate surface area is 132 Å². The van der Waals surface area contributed by atoms with E-state index in [2.05, 4.69) is 4.72 Å². The van der Waals surface area contributed by atoms with Crippen molar-refractivity contribution in [2.24, 2.45) is 0 Å². The maximum atomic E-state index is 12.1. The fraction of sp³-hybridized carbons (Fsp3) is 0.0769. The average molecular weight is 347 g/mol. The Hall–Kier alpha value is -1.47. The summed E-state index contributed by atoms with van der Waals surface area (Å²) in [6, 6.07) is 8.41. The summed E-state index contributed by atoms with van der Waals surface area (Å²) in [6.45, 7) is -0.0978. The van der Waals surface area contributed by atoms with Gasteiger partial charge in [-0.25, -0.2) is 13.1 Å². The van der Waals surface area contributed by atoms with Crippen LogP contribution in [0.5, 0.6) is 5.75 Å². The minimum Gasteiger partial charge on any atom is -0.508 e. The third kappa shape index (κ3) is 3.79. The lowest BCUT2D eigenvalue weighted by atomic mass is 10.2. The zero-order valence-electron chi connectivity index (χ0n) is 10.7. The Kier molecular flexibility index (Phi) is 4.63. The first-order chi connectivity index (χ1) is 9.79. The third-order valence-corrected chi connectivity index (χ3v) is 4.90. The predicted molar refractivity (Wildman–Crippen MR) is 83.0 cm³/mol. The number of hydrogen-bond acceptors (Lipinski definition) is 4. The number of phenols is 1. The van der Waals surface area contributed by atoms with E-state index in [0.29, 0.717) is 11.3 Å². The lowest BCUT2D eigenvalue weighted by molar-refractivity contribution is 0.467. The van der Waals surface area contributed by atoms with Crippen LogP contribution in [-0.4, -0.2) is 13.5 Å². The number of aromatic hydroxyl groups is 1. The highest BCUT2D eigenvalue weighted by Crippen LogP contribution is 2.25. The van der Waals surface area contributed by atoms with E-state index in [1.807, 2.05) is 0 Å². The number of nitrogens with one attached hydrogen (secondary N) is 1. The minimum absolute atomic E-state index is 0.0136. The van der Waals surface area contributed by atoms with Crippen LogP contribution < -0.4 is 10.5 Å². The molecule has 0 aliphatic heterocycles. The normalized spacial score (nSPS) is 11.5. The summed E-state index contributed by atoms with van der Waals surface area (Å²) < 4.78 is 26.6. The largest absolute Gasteiger partial charge is 0.508 e. The van der Waals surface area contributed by atoms with Gasteiger partial charge >= 0.3 is 0 Å². The van der Waals surface area contributed by atoms with Gasteiger partial charge in [0.05, 0.1) is 14.9 Å². The molecule has 0 saturated carbocycles. The van der Waals surface area contributed by atoms with E-state index >= 15 is 0 Å². The Morgan fingerprint density at radius 1 is 1.10 bits per heavy atom. The molecule has 21 heavy (non-hydrogen) atoms. The Morgan fingerprint density at radius 3 is 2.48 bits per heavy atom. The Bertz CT molecular complexity index is 779. The summed E-state index contributed by atoms with van der Waals surface area (Å²) in [4.78, 5) is -0.0136. The molecule has 0 atom stereocenters. The van der Waals surface area contributed by atoms with Crippen molar-refractivity contribution in [2.75, 3.05) is 5.73 Å². The number of nitrogen functional groups attached to an aromatic ring is 1. The molecular weight excluding hydrogens is 335 g/mol. The quantitative estimate of drug-likeness (QED) is 0.586. The molecule has 112 valence electrons. The molecule has 4 N–H and O–H groups in total. The zero-order valence-corrected chi connectivity index (χ0v) is 13.0. The molecular formula is C13H12Cl2N2O3S. The van der Waals surface area contributed by atoms with Crippen LogP contribution in [-0.2, 0) is 16.6 Å². The van der Waals surface area contributed by atoms with Gasteiger partial charge < -0.3 is 10.8 Å². The molecule has 2 aromatic carbocycles. The van der Waals surface area contributed by atoms with Gasteiger partial charge in [-0.15, -0.1) is 0 Å². The molecule has 0 unspecified atom stereocenters. The number of nitrogens with two attached hydrogens (primary N) is 1. The van der Waals surface area contributed by atoms with Crippen LogP contribution >= 0.6 is 23.2 Å². The number of sulfonamides is 1. The second kappa shape index (κ2) is 6.11. The highest BCUT2D eigenvalue weighted by atomic mass is 35.5. The van der Waals surface area contributed by atoms with Crippen LogP contribution in [0.1, 0.15) is 5.56 Å². The number of phenolic OH excluding ortho intramolecular Hbond substituents is 1. The zero-order chi connectivity index (χ0) is 15.6. The standard InChI is InChI=1S/C13H12Cl2N2O3S/c14-11-3-2-10(6-12(11)15)21(19,20)17-7-8-5-9(16)1-4-13(8)18/h1-6,17-18H,7,16H2. The van der Waals surface area contributed by atoms with E-state index in [1.165, 1.54) is 36.4 Å². The van der Waals surface area contributed by atoms with Crippen molar-refractivity contribution in [1.82, 2.24) is 4.72 Å². The highest BCUT2D eigenvalue weighted by molar-refractivity contribution is 7.89. The second-order valence-corrected chi connectivity index (χ2v) is 6.87. The SMILES string of the molecule is Nc1ccc(O)c(CNS(=O)(=O)c2ccc(Cl)c(Cl)c2)c1. The van der Waals surface area contributed by atoms with E-state index in [-0.39, 0.29) is 27.2 Å². The summed E-state index contributed by atoms with van der Waals surface area (Å²) >= 11 is 11.6. The van der Waals surface area contributed by atoms with E-state index in [1.54, 1.807) is 0 Å². The van der Waals surface area contributed by atoms with Crippen LogP contribution in [0.4, 0.5) is 5.69 Å². The molecule has 0 saturated heterocycles. The molecule has 8 heteroatoms. The van der Waals surface area contributed by atoms with Gasteiger partial charge in [-0.3, -0.25) is 0 Å². The van der Waals surface area contributed by atoms with Crippen molar-refractivity contribution in [3.8, 4) is 5.75 Å². The van der Waals surface area contributed by atoms with Crippen molar-refractivity contribution in [1.29, 1.82) is 0 Å². The van der Waals surface area contributed by atoms with Crippen LogP contribution in [0.25, 0.3) is 0 Å². The average Bonchev–Trinajstić information content (AvgIpc) is 2.43. The minimum atomic E-state index is -3.77. The number of hydrogen-bond donors (Lipinski definition) is 3. The van der Waals surface area contributed by atoms with Gasteiger partial charge in [0.25, 0.3) is 0 Å². The smallest absolute Gasteiger partial charge is 0.240 e. The summed E-state index contributed by atoms with van der Waals surface area (Å²) in [6.07, 6.45) is 0. The molecule has 2 aromatic rings. The van der Waals surface area contributed by atoms with E-state index < -0.39 is 10.0 Å². The lowest BCUT2D eigenvalue weighted by Gasteiger charge is -2.09. The molecule has 0 spiro atoms. The van der Waals surface area contributed by atoms with E-state index in [9.17, 15) is 13.5 Å². The fourth-order valence-electron chi connectivity index (χ4n) is 1.65. The van der Waals surface area contributed by atoms with Crippen LogP contribution in [0.2, 0.25) is 10.0 Å².